The molecule has 2 atom stereocenters. The number of benzene rings is 2. The SMILES string of the molecule is COc1ccc([C@H]2SC=C(c3ccccc3)N(CCN(C)C)C(=O)[C@H]2OC(C)=O)cc1.Cl. The van der Waals surface area contributed by atoms with Crippen LogP contribution < -0.4 is 4.74 Å². The summed E-state index contributed by atoms with van der Waals surface area (Å²) >= 11 is 1.49. The van der Waals surface area contributed by atoms with E-state index in [1.807, 2.05) is 79.0 Å². The molecule has 0 spiro atoms. The van der Waals surface area contributed by atoms with Crippen molar-refractivity contribution in [3.8, 4) is 5.75 Å². The van der Waals surface area contributed by atoms with Crippen LogP contribution >= 0.6 is 24.2 Å². The second-order valence-corrected chi connectivity index (χ2v) is 8.54. The maximum absolute atomic E-state index is 13.7. The molecule has 0 unspecified atom stereocenters. The van der Waals surface area contributed by atoms with E-state index in [1.165, 1.54) is 18.7 Å². The Bertz CT molecular complexity index is 935. The number of rotatable bonds is 7. The minimum absolute atomic E-state index is 0. The number of ether oxygens (including phenoxy) is 2. The van der Waals surface area contributed by atoms with Gasteiger partial charge in [0.1, 0.15) is 5.75 Å². The molecule has 0 saturated heterocycles. The summed E-state index contributed by atoms with van der Waals surface area (Å²) in [5, 5.41) is 1.63. The van der Waals surface area contributed by atoms with E-state index in [2.05, 4.69) is 0 Å². The molecule has 0 radical (unpaired) electrons. The molecule has 3 rings (SSSR count). The van der Waals surface area contributed by atoms with Crippen LogP contribution in [0.15, 0.2) is 60.0 Å². The van der Waals surface area contributed by atoms with Gasteiger partial charge in [-0.2, -0.15) is 0 Å². The Balaban J connectivity index is 0.00000363. The zero-order chi connectivity index (χ0) is 22.4. The Labute approximate surface area is 200 Å². The lowest BCUT2D eigenvalue weighted by Gasteiger charge is -2.30. The van der Waals surface area contributed by atoms with E-state index in [9.17, 15) is 9.59 Å². The van der Waals surface area contributed by atoms with Gasteiger partial charge in [-0.15, -0.1) is 24.2 Å². The molecule has 32 heavy (non-hydrogen) atoms. The predicted octanol–water partition coefficient (Wildman–Crippen LogP) is 4.23. The van der Waals surface area contributed by atoms with Crippen molar-refractivity contribution in [3.63, 3.8) is 0 Å². The van der Waals surface area contributed by atoms with Crippen molar-refractivity contribution in [2.75, 3.05) is 34.3 Å². The standard InChI is InChI=1S/C24H28N2O4S.ClH/c1-17(27)30-22-23(19-10-12-20(29-4)13-11-19)31-16-21(18-8-6-5-7-9-18)26(24(22)28)15-14-25(2)3;/h5-13,16,22-23H,14-15H2,1-4H3;1H/t22-,23+;/m0./s1. The van der Waals surface area contributed by atoms with Crippen molar-refractivity contribution in [2.45, 2.75) is 18.3 Å². The number of amides is 1. The van der Waals surface area contributed by atoms with Gasteiger partial charge in [0.2, 0.25) is 0 Å². The molecule has 0 saturated carbocycles. The molecule has 1 aliphatic heterocycles. The quantitative estimate of drug-likeness (QED) is 0.557. The van der Waals surface area contributed by atoms with Crippen LogP contribution in [-0.4, -0.2) is 62.1 Å². The van der Waals surface area contributed by atoms with Crippen LogP contribution in [0.5, 0.6) is 5.75 Å². The number of methoxy groups -OCH3 is 1. The van der Waals surface area contributed by atoms with E-state index < -0.39 is 12.1 Å². The van der Waals surface area contributed by atoms with Gasteiger partial charge < -0.3 is 19.3 Å². The normalized spacial score (nSPS) is 18.5. The molecule has 0 N–H and O–H groups in total. The molecule has 2 aromatic rings. The maximum atomic E-state index is 13.7. The molecule has 2 aromatic carbocycles. The summed E-state index contributed by atoms with van der Waals surface area (Å²) in [6, 6.07) is 17.3. The average Bonchev–Trinajstić information content (AvgIpc) is 2.89. The lowest BCUT2D eigenvalue weighted by Crippen LogP contribution is -2.43. The van der Waals surface area contributed by atoms with Crippen molar-refractivity contribution in [3.05, 3.63) is 71.1 Å². The third-order valence-corrected chi connectivity index (χ3v) is 6.15. The number of esters is 1. The van der Waals surface area contributed by atoms with Crippen molar-refractivity contribution in [1.29, 1.82) is 0 Å². The number of halogens is 1. The fourth-order valence-corrected chi connectivity index (χ4v) is 4.54. The fraction of sp³-hybridized carbons (Fsp3) is 0.333. The smallest absolute Gasteiger partial charge is 0.303 e. The van der Waals surface area contributed by atoms with E-state index in [0.717, 1.165) is 22.6 Å². The monoisotopic (exact) mass is 476 g/mol. The lowest BCUT2D eigenvalue weighted by atomic mass is 10.0. The number of nitrogens with zero attached hydrogens (tertiary/aromatic N) is 2. The molecule has 1 amide bonds. The number of hydrogen-bond acceptors (Lipinski definition) is 6. The molecule has 0 aliphatic carbocycles. The zero-order valence-corrected chi connectivity index (χ0v) is 20.3. The average molecular weight is 477 g/mol. The second-order valence-electron chi connectivity index (χ2n) is 7.52. The third kappa shape index (κ3) is 6.28. The summed E-state index contributed by atoms with van der Waals surface area (Å²) in [6.45, 7) is 2.50. The van der Waals surface area contributed by atoms with Crippen LogP contribution in [0.2, 0.25) is 0 Å². The Hall–Kier alpha value is -2.48. The molecule has 6 nitrogen and oxygen atoms in total. The highest BCUT2D eigenvalue weighted by molar-refractivity contribution is 8.02. The van der Waals surface area contributed by atoms with Gasteiger partial charge >= 0.3 is 5.97 Å². The zero-order valence-electron chi connectivity index (χ0n) is 18.7. The third-order valence-electron chi connectivity index (χ3n) is 4.98. The van der Waals surface area contributed by atoms with Crippen LogP contribution in [0.4, 0.5) is 0 Å². The van der Waals surface area contributed by atoms with Gasteiger partial charge in [0.15, 0.2) is 6.10 Å². The molecule has 1 heterocycles. The highest BCUT2D eigenvalue weighted by Crippen LogP contribution is 2.42. The first-order valence-electron chi connectivity index (χ1n) is 10.1. The van der Waals surface area contributed by atoms with Crippen molar-refractivity contribution < 1.29 is 19.1 Å². The van der Waals surface area contributed by atoms with Crippen LogP contribution in [0.3, 0.4) is 0 Å². The van der Waals surface area contributed by atoms with Gasteiger partial charge in [-0.05, 0) is 42.8 Å². The molecule has 0 bridgehead atoms. The summed E-state index contributed by atoms with van der Waals surface area (Å²) in [5.41, 5.74) is 2.65. The highest BCUT2D eigenvalue weighted by Gasteiger charge is 2.39. The second kappa shape index (κ2) is 11.9. The van der Waals surface area contributed by atoms with E-state index in [4.69, 9.17) is 9.47 Å². The predicted molar refractivity (Wildman–Crippen MR) is 131 cm³/mol. The van der Waals surface area contributed by atoms with Crippen molar-refractivity contribution in [1.82, 2.24) is 9.80 Å². The van der Waals surface area contributed by atoms with E-state index in [0.29, 0.717) is 13.1 Å². The fourth-order valence-electron chi connectivity index (χ4n) is 3.38. The summed E-state index contributed by atoms with van der Waals surface area (Å²) in [5.74, 6) is 0.0250. The van der Waals surface area contributed by atoms with Crippen LogP contribution in [-0.2, 0) is 14.3 Å². The van der Waals surface area contributed by atoms with E-state index in [-0.39, 0.29) is 23.6 Å². The Kier molecular flexibility index (Phi) is 9.62. The van der Waals surface area contributed by atoms with Crippen LogP contribution in [0.25, 0.3) is 5.70 Å². The summed E-state index contributed by atoms with van der Waals surface area (Å²) < 4.78 is 10.9. The molecular formula is C24H29ClN2O4S. The molecule has 0 aromatic heterocycles. The van der Waals surface area contributed by atoms with E-state index in [1.54, 1.807) is 12.0 Å². The first kappa shape index (κ1) is 25.8. The summed E-state index contributed by atoms with van der Waals surface area (Å²) in [4.78, 5) is 29.4. The van der Waals surface area contributed by atoms with Crippen molar-refractivity contribution >= 4 is 41.7 Å². The Morgan fingerprint density at radius 3 is 2.31 bits per heavy atom. The van der Waals surface area contributed by atoms with Crippen molar-refractivity contribution in [2.24, 2.45) is 0 Å². The number of hydrogen-bond donors (Lipinski definition) is 0. The van der Waals surface area contributed by atoms with Gasteiger partial charge in [0.25, 0.3) is 5.91 Å². The Morgan fingerprint density at radius 2 is 1.75 bits per heavy atom. The first-order chi connectivity index (χ1) is 14.9. The van der Waals surface area contributed by atoms with Gasteiger partial charge in [-0.1, -0.05) is 42.5 Å². The Morgan fingerprint density at radius 1 is 1.09 bits per heavy atom. The van der Waals surface area contributed by atoms with Crippen LogP contribution in [0.1, 0.15) is 23.3 Å². The van der Waals surface area contributed by atoms with Gasteiger partial charge in [-0.3, -0.25) is 9.59 Å². The largest absolute Gasteiger partial charge is 0.497 e. The summed E-state index contributed by atoms with van der Waals surface area (Å²) in [6.07, 6.45) is -0.935. The molecule has 172 valence electrons. The van der Waals surface area contributed by atoms with Gasteiger partial charge in [0.05, 0.1) is 18.1 Å². The van der Waals surface area contributed by atoms with Gasteiger partial charge in [-0.25, -0.2) is 0 Å². The van der Waals surface area contributed by atoms with Crippen LogP contribution in [0, 0.1) is 0 Å². The number of carbonyl (C=O) groups excluding carboxylic acids is 2. The topological polar surface area (TPSA) is 59.1 Å². The molecular weight excluding hydrogens is 448 g/mol. The first-order valence-corrected chi connectivity index (χ1v) is 11.0. The number of thioether (sulfide) groups is 1. The van der Waals surface area contributed by atoms with E-state index >= 15 is 0 Å². The maximum Gasteiger partial charge on any atom is 0.303 e. The minimum Gasteiger partial charge on any atom is -0.497 e. The van der Waals surface area contributed by atoms with Gasteiger partial charge in [0, 0.05) is 20.0 Å². The lowest BCUT2D eigenvalue weighted by molar-refractivity contribution is -0.157. The highest BCUT2D eigenvalue weighted by atomic mass is 35.5. The molecule has 1 aliphatic rings. The summed E-state index contributed by atoms with van der Waals surface area (Å²) in [7, 11) is 5.54. The number of likely N-dealkylation sites (N-methyl/N-ethyl adjacent to an activating group) is 1. The molecule has 8 heteroatoms. The number of carbonyl (C=O) groups is 2. The molecule has 0 fully saturated rings. The minimum atomic E-state index is -0.935.